The zero-order valence-corrected chi connectivity index (χ0v) is 33.8. The van der Waals surface area contributed by atoms with E-state index >= 15 is 8.78 Å². The molecule has 332 valence electrons. The molecular weight excluding hydrogens is 901 g/mol. The number of nitrogens with one attached hydrogen (secondary N) is 2. The standard InChI is InChI=1S/C38H29ClF9N9O5S/c1-55-30-24(7-6-22(39)28(30)34(53-55)54-63(2,60)61)57-35(51-33-20(36(57)59)4-8-26(50-33)62-10-9-37(44,45)46)23(13-16-11-17(40)14-18(41)12-16)49-25(58)15-56-31-27(29(52-56)32(42)43)19-3-5-21(19)38(31,47)48/h3-8,11-12,14,19,21,23,32H,9-10,13,15H2,1-2H3,(H,49,58)(H,53,54)/t19-,21+,23-/m0/s1. The summed E-state index contributed by atoms with van der Waals surface area (Å²) in [7, 11) is -2.62. The molecule has 0 saturated carbocycles. The third-order valence-corrected chi connectivity index (χ3v) is 11.2. The third-order valence-electron chi connectivity index (χ3n) is 10.3. The lowest BCUT2D eigenvalue weighted by atomic mass is 9.81. The van der Waals surface area contributed by atoms with Crippen LogP contribution in [0.4, 0.5) is 45.3 Å². The fourth-order valence-electron chi connectivity index (χ4n) is 7.78. The van der Waals surface area contributed by atoms with Crippen molar-refractivity contribution in [1.29, 1.82) is 0 Å². The van der Waals surface area contributed by atoms with Crippen molar-refractivity contribution in [3.63, 3.8) is 0 Å². The fraction of sp³-hybridized carbons (Fsp3) is 0.316. The maximum absolute atomic E-state index is 15.7. The first kappa shape index (κ1) is 43.5. The van der Waals surface area contributed by atoms with Crippen molar-refractivity contribution < 1.29 is 57.5 Å². The summed E-state index contributed by atoms with van der Waals surface area (Å²) in [6, 6.07) is 5.36. The molecule has 4 aromatic heterocycles. The van der Waals surface area contributed by atoms with Crippen molar-refractivity contribution in [3.8, 4) is 11.6 Å². The van der Waals surface area contributed by atoms with E-state index in [0.29, 0.717) is 10.7 Å². The quantitative estimate of drug-likeness (QED) is 0.0924. The highest BCUT2D eigenvalue weighted by molar-refractivity contribution is 7.92. The Morgan fingerprint density at radius 2 is 1.75 bits per heavy atom. The number of alkyl halides is 7. The number of pyridine rings is 1. The fourth-order valence-corrected chi connectivity index (χ4v) is 8.52. The van der Waals surface area contributed by atoms with Crippen LogP contribution in [0.2, 0.25) is 5.02 Å². The highest BCUT2D eigenvalue weighted by atomic mass is 35.5. The van der Waals surface area contributed by atoms with E-state index in [2.05, 4.69) is 30.2 Å². The van der Waals surface area contributed by atoms with Gasteiger partial charge in [-0.05, 0) is 35.9 Å². The van der Waals surface area contributed by atoms with Gasteiger partial charge in [-0.2, -0.15) is 37.1 Å². The summed E-state index contributed by atoms with van der Waals surface area (Å²) in [5, 5.41) is 10.0. The average Bonchev–Trinajstić information content (AvgIpc) is 3.71. The van der Waals surface area contributed by atoms with E-state index in [-0.39, 0.29) is 38.4 Å². The first-order chi connectivity index (χ1) is 29.5. The predicted molar refractivity (Wildman–Crippen MR) is 206 cm³/mol. The highest BCUT2D eigenvalue weighted by Gasteiger charge is 2.60. The molecule has 0 aliphatic heterocycles. The zero-order valence-electron chi connectivity index (χ0n) is 32.2. The topological polar surface area (TPSA) is 168 Å². The molecule has 8 rings (SSSR count). The van der Waals surface area contributed by atoms with Crippen LogP contribution in [0.1, 0.15) is 53.1 Å². The van der Waals surface area contributed by atoms with Crippen molar-refractivity contribution >= 4 is 55.3 Å². The number of aryl methyl sites for hydroxylation is 1. The molecule has 1 amide bonds. The van der Waals surface area contributed by atoms with Crippen molar-refractivity contribution in [2.24, 2.45) is 13.0 Å². The van der Waals surface area contributed by atoms with Gasteiger partial charge in [-0.25, -0.2) is 31.0 Å². The second-order valence-corrected chi connectivity index (χ2v) is 16.9. The second kappa shape index (κ2) is 15.6. The van der Waals surface area contributed by atoms with Crippen LogP contribution in [0, 0.1) is 17.6 Å². The molecule has 4 heterocycles. The lowest BCUT2D eigenvalue weighted by Crippen LogP contribution is -2.38. The molecule has 0 saturated heterocycles. The Labute approximate surface area is 353 Å². The Bertz CT molecular complexity index is 3040. The van der Waals surface area contributed by atoms with E-state index in [9.17, 15) is 48.7 Å². The number of allylic oxidation sites excluding steroid dienone is 2. The number of rotatable bonds is 13. The lowest BCUT2D eigenvalue weighted by Gasteiger charge is -2.27. The summed E-state index contributed by atoms with van der Waals surface area (Å²) in [4.78, 5) is 37.5. The van der Waals surface area contributed by atoms with Gasteiger partial charge < -0.3 is 10.1 Å². The first-order valence-electron chi connectivity index (χ1n) is 18.5. The van der Waals surface area contributed by atoms with Gasteiger partial charge in [0.2, 0.25) is 21.8 Å². The number of nitrogens with zero attached hydrogens (tertiary/aromatic N) is 7. The maximum Gasteiger partial charge on any atom is 0.392 e. The molecule has 0 radical (unpaired) electrons. The molecule has 0 fully saturated rings. The molecule has 25 heteroatoms. The summed E-state index contributed by atoms with van der Waals surface area (Å²) < 4.78 is 162. The van der Waals surface area contributed by atoms with Crippen LogP contribution in [-0.4, -0.2) is 67.5 Å². The minimum Gasteiger partial charge on any atom is -0.477 e. The van der Waals surface area contributed by atoms with Crippen molar-refractivity contribution in [2.75, 3.05) is 17.6 Å². The Hall–Kier alpha value is -6.17. The van der Waals surface area contributed by atoms with Crippen LogP contribution in [-0.2, 0) is 40.8 Å². The molecule has 63 heavy (non-hydrogen) atoms. The van der Waals surface area contributed by atoms with Gasteiger partial charge in [0, 0.05) is 37.1 Å². The van der Waals surface area contributed by atoms with E-state index in [1.165, 1.54) is 25.3 Å². The summed E-state index contributed by atoms with van der Waals surface area (Å²) >= 11 is 6.55. The molecule has 2 N–H and O–H groups in total. The molecule has 14 nitrogen and oxygen atoms in total. The van der Waals surface area contributed by atoms with Crippen molar-refractivity contribution in [3.05, 3.63) is 110 Å². The highest BCUT2D eigenvalue weighted by Crippen LogP contribution is 2.60. The predicted octanol–water partition coefficient (Wildman–Crippen LogP) is 6.91. The maximum atomic E-state index is 15.7. The van der Waals surface area contributed by atoms with E-state index < -0.39 is 130 Å². The number of hydrogen-bond acceptors (Lipinski definition) is 9. The number of halogens is 10. The number of carbonyl (C=O) groups excluding carboxylic acids is 1. The first-order valence-corrected chi connectivity index (χ1v) is 20.7. The summed E-state index contributed by atoms with van der Waals surface area (Å²) in [5.74, 6) is -10.8. The number of sulfonamides is 1. The Balaban J connectivity index is 1.32. The van der Waals surface area contributed by atoms with E-state index in [0.717, 1.165) is 45.8 Å². The third kappa shape index (κ3) is 8.16. The Morgan fingerprint density at radius 3 is 2.38 bits per heavy atom. The molecule has 2 aromatic carbocycles. The summed E-state index contributed by atoms with van der Waals surface area (Å²) in [6.45, 7) is -2.00. The monoisotopic (exact) mass is 929 g/mol. The van der Waals surface area contributed by atoms with Crippen LogP contribution in [0.25, 0.3) is 27.6 Å². The molecular formula is C38H29ClF9N9O5S. The van der Waals surface area contributed by atoms with Crippen LogP contribution in [0.3, 0.4) is 0 Å². The molecule has 0 unspecified atom stereocenters. The van der Waals surface area contributed by atoms with Crippen molar-refractivity contribution in [1.82, 2.24) is 39.4 Å². The van der Waals surface area contributed by atoms with Gasteiger partial charge in [-0.1, -0.05) is 23.8 Å². The van der Waals surface area contributed by atoms with Crippen LogP contribution < -0.4 is 20.3 Å². The number of ether oxygens (including phenoxy) is 1. The molecule has 2 aliphatic rings. The SMILES string of the molecule is Cn1nc(NS(C)(=O)=O)c2c(Cl)ccc(-n3c([C@H](Cc4cc(F)cc(F)c4)NC(=O)Cn4nc(C(F)F)c5c4C(F)(F)[C@@H]4C=C[C@H]54)nc4nc(OCCC(F)(F)F)ccc4c3=O)c21. The van der Waals surface area contributed by atoms with E-state index in [4.69, 9.17) is 16.3 Å². The smallest absolute Gasteiger partial charge is 0.392 e. The molecule has 2 aliphatic carbocycles. The Kier molecular flexibility index (Phi) is 10.7. The molecule has 0 spiro atoms. The van der Waals surface area contributed by atoms with Gasteiger partial charge in [0.1, 0.15) is 35.4 Å². The van der Waals surface area contributed by atoms with Crippen LogP contribution in [0.5, 0.6) is 5.88 Å². The second-order valence-electron chi connectivity index (χ2n) is 14.7. The number of aromatic nitrogens is 7. The largest absolute Gasteiger partial charge is 0.477 e. The van der Waals surface area contributed by atoms with Crippen LogP contribution >= 0.6 is 11.6 Å². The van der Waals surface area contributed by atoms with E-state index in [1.807, 2.05) is 0 Å². The number of amides is 1. The number of fused-ring (bicyclic) bond motifs is 5. The van der Waals surface area contributed by atoms with Gasteiger partial charge in [-0.3, -0.25) is 28.2 Å². The Morgan fingerprint density at radius 1 is 1.03 bits per heavy atom. The number of hydrogen-bond donors (Lipinski definition) is 2. The number of anilines is 1. The minimum atomic E-state index is -4.60. The summed E-state index contributed by atoms with van der Waals surface area (Å²) in [5.41, 5.74) is -4.07. The normalized spacial score (nSPS) is 17.2. The average molecular weight is 930 g/mol. The minimum absolute atomic E-state index is 0.0165. The van der Waals surface area contributed by atoms with Crippen molar-refractivity contribution in [2.45, 2.75) is 49.9 Å². The van der Waals surface area contributed by atoms with Gasteiger partial charge in [0.15, 0.2) is 11.5 Å². The number of benzene rings is 2. The van der Waals surface area contributed by atoms with Gasteiger partial charge >= 0.3 is 6.18 Å². The zero-order chi connectivity index (χ0) is 45.5. The van der Waals surface area contributed by atoms with E-state index in [1.54, 1.807) is 0 Å². The molecule has 6 aromatic rings. The summed E-state index contributed by atoms with van der Waals surface area (Å²) in [6.07, 6.45) is -6.59. The number of carbonyl (C=O) groups is 1. The van der Waals surface area contributed by atoms with Gasteiger partial charge in [0.05, 0.1) is 58.2 Å². The van der Waals surface area contributed by atoms with Gasteiger partial charge in [0.25, 0.3) is 17.9 Å². The van der Waals surface area contributed by atoms with Gasteiger partial charge in [-0.15, -0.1) is 0 Å². The lowest BCUT2D eigenvalue weighted by molar-refractivity contribution is -0.139. The molecule has 0 bridgehead atoms. The molecule has 3 atom stereocenters. The van der Waals surface area contributed by atoms with Crippen LogP contribution in [0.15, 0.2) is 59.4 Å².